The van der Waals surface area contributed by atoms with Gasteiger partial charge in [0.2, 0.25) is 11.8 Å². The van der Waals surface area contributed by atoms with Crippen molar-refractivity contribution < 1.29 is 9.59 Å². The molecule has 7 heteroatoms. The van der Waals surface area contributed by atoms with Crippen LogP contribution < -0.4 is 4.90 Å². The van der Waals surface area contributed by atoms with Crippen molar-refractivity contribution in [3.63, 3.8) is 0 Å². The van der Waals surface area contributed by atoms with Gasteiger partial charge in [-0.2, -0.15) is 5.10 Å². The van der Waals surface area contributed by atoms with Crippen molar-refractivity contribution in [2.45, 2.75) is 0 Å². The van der Waals surface area contributed by atoms with Crippen molar-refractivity contribution >= 4 is 29.1 Å². The second-order valence-corrected chi connectivity index (χ2v) is 4.13. The molecule has 1 fully saturated rings. The molecule has 1 saturated heterocycles. The summed E-state index contributed by atoms with van der Waals surface area (Å²) in [6.45, 7) is 1.07. The molecule has 2 heterocycles. The lowest BCUT2D eigenvalue weighted by molar-refractivity contribution is -0.134. The Bertz CT molecular complexity index is 445. The Balaban J connectivity index is 2.06. The highest BCUT2D eigenvalue weighted by Gasteiger charge is 2.27. The molecular weight excluding hydrogens is 244 g/mol. The summed E-state index contributed by atoms with van der Waals surface area (Å²) in [6, 6.07) is 0. The number of aryl methyl sites for hydroxylation is 1. The van der Waals surface area contributed by atoms with Crippen LogP contribution in [0.25, 0.3) is 0 Å². The number of carbonyl (C=O) groups is 2. The van der Waals surface area contributed by atoms with Crippen molar-refractivity contribution in [2.75, 3.05) is 30.4 Å². The molecule has 1 aliphatic rings. The van der Waals surface area contributed by atoms with Gasteiger partial charge in [-0.1, -0.05) is 0 Å². The van der Waals surface area contributed by atoms with E-state index in [0.29, 0.717) is 13.1 Å². The van der Waals surface area contributed by atoms with E-state index in [1.807, 2.05) is 0 Å². The van der Waals surface area contributed by atoms with E-state index in [1.54, 1.807) is 29.0 Å². The first-order valence-electron chi connectivity index (χ1n) is 5.24. The van der Waals surface area contributed by atoms with Crippen LogP contribution in [0.1, 0.15) is 0 Å². The number of halogens is 1. The lowest BCUT2D eigenvalue weighted by Gasteiger charge is -2.33. The van der Waals surface area contributed by atoms with Gasteiger partial charge < -0.3 is 9.80 Å². The third-order valence-electron chi connectivity index (χ3n) is 2.69. The highest BCUT2D eigenvalue weighted by molar-refractivity contribution is 6.27. The molecule has 0 unspecified atom stereocenters. The van der Waals surface area contributed by atoms with Crippen molar-refractivity contribution in [1.82, 2.24) is 14.7 Å². The second kappa shape index (κ2) is 4.75. The minimum Gasteiger partial charge on any atom is -0.331 e. The Morgan fingerprint density at radius 3 is 2.82 bits per heavy atom. The van der Waals surface area contributed by atoms with Gasteiger partial charge in [0.05, 0.1) is 11.9 Å². The van der Waals surface area contributed by atoms with Crippen molar-refractivity contribution in [3.8, 4) is 0 Å². The molecule has 2 rings (SSSR count). The summed E-state index contributed by atoms with van der Waals surface area (Å²) in [5, 5.41) is 4.02. The summed E-state index contributed by atoms with van der Waals surface area (Å²) in [5.74, 6) is -0.395. The van der Waals surface area contributed by atoms with Crippen LogP contribution >= 0.6 is 11.6 Å². The molecule has 0 N–H and O–H groups in total. The van der Waals surface area contributed by atoms with Gasteiger partial charge in [0, 0.05) is 26.3 Å². The number of rotatable bonds is 2. The van der Waals surface area contributed by atoms with Gasteiger partial charge in [0.15, 0.2) is 0 Å². The van der Waals surface area contributed by atoms with Gasteiger partial charge >= 0.3 is 0 Å². The van der Waals surface area contributed by atoms with E-state index < -0.39 is 0 Å². The van der Waals surface area contributed by atoms with Gasteiger partial charge in [-0.05, 0) is 0 Å². The first-order chi connectivity index (χ1) is 8.11. The maximum atomic E-state index is 11.9. The molecular formula is C10H13ClN4O2. The molecule has 6 nitrogen and oxygen atoms in total. The van der Waals surface area contributed by atoms with E-state index in [1.165, 1.54) is 4.90 Å². The van der Waals surface area contributed by atoms with Crippen LogP contribution in [0.15, 0.2) is 12.4 Å². The Hall–Kier alpha value is -1.56. The fraction of sp³-hybridized carbons (Fsp3) is 0.500. The standard InChI is InChI=1S/C10H13ClN4O2/c1-13-6-8(5-12-13)15-3-2-14(7-10(15)17)9(16)4-11/h5-6H,2-4,7H2,1H3. The predicted molar refractivity (Wildman–Crippen MR) is 62.9 cm³/mol. The average Bonchev–Trinajstić information content (AvgIpc) is 2.74. The van der Waals surface area contributed by atoms with E-state index in [0.717, 1.165) is 5.69 Å². The summed E-state index contributed by atoms with van der Waals surface area (Å²) in [4.78, 5) is 26.4. The maximum Gasteiger partial charge on any atom is 0.246 e. The highest BCUT2D eigenvalue weighted by Crippen LogP contribution is 2.15. The van der Waals surface area contributed by atoms with Crippen LogP contribution in [0.5, 0.6) is 0 Å². The molecule has 0 radical (unpaired) electrons. The molecule has 0 aromatic carbocycles. The summed E-state index contributed by atoms with van der Waals surface area (Å²) in [5.41, 5.74) is 0.760. The van der Waals surface area contributed by atoms with E-state index in [9.17, 15) is 9.59 Å². The van der Waals surface area contributed by atoms with Crippen LogP contribution in [0.3, 0.4) is 0 Å². The molecule has 17 heavy (non-hydrogen) atoms. The number of amides is 2. The molecule has 1 aliphatic heterocycles. The zero-order valence-corrected chi connectivity index (χ0v) is 10.2. The average molecular weight is 257 g/mol. The van der Waals surface area contributed by atoms with Gasteiger partial charge in [0.1, 0.15) is 12.4 Å². The third-order valence-corrected chi connectivity index (χ3v) is 2.92. The number of carbonyl (C=O) groups excluding carboxylic acids is 2. The normalized spacial score (nSPS) is 16.5. The van der Waals surface area contributed by atoms with E-state index in [2.05, 4.69) is 5.10 Å². The topological polar surface area (TPSA) is 58.4 Å². The number of hydrogen-bond donors (Lipinski definition) is 0. The lowest BCUT2D eigenvalue weighted by Crippen LogP contribution is -2.52. The van der Waals surface area contributed by atoms with E-state index in [4.69, 9.17) is 11.6 Å². The first-order valence-corrected chi connectivity index (χ1v) is 5.78. The van der Waals surface area contributed by atoms with Crippen molar-refractivity contribution in [3.05, 3.63) is 12.4 Å². The largest absolute Gasteiger partial charge is 0.331 e. The zero-order valence-electron chi connectivity index (χ0n) is 9.47. The molecule has 1 aromatic rings. The van der Waals surface area contributed by atoms with Crippen LogP contribution in [-0.4, -0.2) is 52.0 Å². The van der Waals surface area contributed by atoms with Crippen molar-refractivity contribution in [1.29, 1.82) is 0 Å². The Labute approximate surface area is 104 Å². The maximum absolute atomic E-state index is 11.9. The van der Waals surface area contributed by atoms with Gasteiger partial charge in [0.25, 0.3) is 0 Å². The number of hydrogen-bond acceptors (Lipinski definition) is 3. The molecule has 2 amide bonds. The van der Waals surface area contributed by atoms with Gasteiger partial charge in [-0.15, -0.1) is 11.6 Å². The minimum absolute atomic E-state index is 0.0832. The Kier molecular flexibility index (Phi) is 3.33. The Morgan fingerprint density at radius 2 is 2.29 bits per heavy atom. The smallest absolute Gasteiger partial charge is 0.246 e. The number of piperazine rings is 1. The van der Waals surface area contributed by atoms with E-state index >= 15 is 0 Å². The number of anilines is 1. The summed E-state index contributed by atoms with van der Waals surface area (Å²) >= 11 is 5.46. The minimum atomic E-state index is -0.203. The molecule has 92 valence electrons. The molecule has 0 atom stereocenters. The van der Waals surface area contributed by atoms with Crippen molar-refractivity contribution in [2.24, 2.45) is 7.05 Å². The fourth-order valence-electron chi connectivity index (χ4n) is 1.79. The summed E-state index contributed by atoms with van der Waals surface area (Å²) in [7, 11) is 1.79. The van der Waals surface area contributed by atoms with Gasteiger partial charge in [-0.3, -0.25) is 14.3 Å². The van der Waals surface area contributed by atoms with Gasteiger partial charge in [-0.25, -0.2) is 0 Å². The monoisotopic (exact) mass is 256 g/mol. The lowest BCUT2D eigenvalue weighted by atomic mass is 10.3. The summed E-state index contributed by atoms with van der Waals surface area (Å²) in [6.07, 6.45) is 3.41. The SMILES string of the molecule is Cn1cc(N2CCN(C(=O)CCl)CC2=O)cn1. The highest BCUT2D eigenvalue weighted by atomic mass is 35.5. The number of aromatic nitrogens is 2. The zero-order chi connectivity index (χ0) is 12.4. The van der Waals surface area contributed by atoms with Crippen LogP contribution in [0.2, 0.25) is 0 Å². The third kappa shape index (κ3) is 2.41. The molecule has 1 aromatic heterocycles. The Morgan fingerprint density at radius 1 is 1.53 bits per heavy atom. The first kappa shape index (κ1) is 11.9. The molecule has 0 aliphatic carbocycles. The number of nitrogens with zero attached hydrogens (tertiary/aromatic N) is 4. The quantitative estimate of drug-likeness (QED) is 0.691. The molecule has 0 spiro atoms. The number of alkyl halides is 1. The molecule has 0 saturated carbocycles. The predicted octanol–water partition coefficient (Wildman–Crippen LogP) is -0.166. The van der Waals surface area contributed by atoms with E-state index in [-0.39, 0.29) is 24.2 Å². The second-order valence-electron chi connectivity index (χ2n) is 3.87. The fourth-order valence-corrected chi connectivity index (χ4v) is 1.96. The van der Waals surface area contributed by atoms with Crippen LogP contribution in [0.4, 0.5) is 5.69 Å². The van der Waals surface area contributed by atoms with Crippen LogP contribution in [-0.2, 0) is 16.6 Å². The molecule has 0 bridgehead atoms. The summed E-state index contributed by atoms with van der Waals surface area (Å²) < 4.78 is 1.64. The van der Waals surface area contributed by atoms with Crippen LogP contribution in [0, 0.1) is 0 Å².